The molecule has 1 unspecified atom stereocenters. The van der Waals surface area contributed by atoms with E-state index in [4.69, 9.17) is 5.73 Å². The number of fused-ring (bicyclic) bond motifs is 1. The Morgan fingerprint density at radius 1 is 1.15 bits per heavy atom. The summed E-state index contributed by atoms with van der Waals surface area (Å²) < 4.78 is 1.84. The van der Waals surface area contributed by atoms with Crippen molar-refractivity contribution in [1.29, 1.82) is 0 Å². The standard InChI is InChI=1S/C21H22N4O2/c1-24-19-8-7-15(11-18(19)12-23-24)14-4-2-5-16(10-14)21(27)25-9-3-6-17(13-25)20(22)26/h2,4-5,7-8,10-12,17H,3,6,9,13H2,1H3,(H2,22,26). The molecule has 4 rings (SSSR count). The number of nitrogens with zero attached hydrogens (tertiary/aromatic N) is 3. The van der Waals surface area contributed by atoms with Gasteiger partial charge in [0, 0.05) is 31.1 Å². The topological polar surface area (TPSA) is 81.2 Å². The van der Waals surface area contributed by atoms with E-state index in [9.17, 15) is 9.59 Å². The van der Waals surface area contributed by atoms with Gasteiger partial charge in [-0.3, -0.25) is 14.3 Å². The summed E-state index contributed by atoms with van der Waals surface area (Å²) >= 11 is 0. The summed E-state index contributed by atoms with van der Waals surface area (Å²) in [4.78, 5) is 26.2. The number of benzene rings is 2. The number of carbonyl (C=O) groups excluding carboxylic acids is 2. The molecule has 0 bridgehead atoms. The van der Waals surface area contributed by atoms with Crippen LogP contribution < -0.4 is 5.73 Å². The highest BCUT2D eigenvalue weighted by Crippen LogP contribution is 2.26. The van der Waals surface area contributed by atoms with Crippen LogP contribution in [-0.2, 0) is 11.8 Å². The molecule has 1 aliphatic heterocycles. The van der Waals surface area contributed by atoms with Gasteiger partial charge in [-0.2, -0.15) is 5.10 Å². The van der Waals surface area contributed by atoms with Gasteiger partial charge in [0.1, 0.15) is 0 Å². The fraction of sp³-hybridized carbons (Fsp3) is 0.286. The van der Waals surface area contributed by atoms with Crippen molar-refractivity contribution >= 4 is 22.7 Å². The Labute approximate surface area is 157 Å². The van der Waals surface area contributed by atoms with E-state index in [0.717, 1.165) is 34.9 Å². The van der Waals surface area contributed by atoms with Crippen LogP contribution in [0.25, 0.3) is 22.0 Å². The molecule has 1 aromatic heterocycles. The van der Waals surface area contributed by atoms with Crippen molar-refractivity contribution in [3.05, 3.63) is 54.2 Å². The van der Waals surface area contributed by atoms with Crippen molar-refractivity contribution in [2.45, 2.75) is 12.8 Å². The van der Waals surface area contributed by atoms with Gasteiger partial charge in [-0.15, -0.1) is 0 Å². The second kappa shape index (κ2) is 6.87. The number of aryl methyl sites for hydroxylation is 1. The second-order valence-corrected chi connectivity index (χ2v) is 7.12. The molecule has 2 heterocycles. The molecule has 1 atom stereocenters. The van der Waals surface area contributed by atoms with Crippen LogP contribution in [0.5, 0.6) is 0 Å². The summed E-state index contributed by atoms with van der Waals surface area (Å²) in [5, 5.41) is 5.34. The van der Waals surface area contributed by atoms with E-state index in [1.54, 1.807) is 4.90 Å². The summed E-state index contributed by atoms with van der Waals surface area (Å²) in [6, 6.07) is 13.8. The number of piperidine rings is 1. The summed E-state index contributed by atoms with van der Waals surface area (Å²) in [5.41, 5.74) is 9.15. The van der Waals surface area contributed by atoms with Crippen LogP contribution in [0.4, 0.5) is 0 Å². The van der Waals surface area contributed by atoms with Gasteiger partial charge < -0.3 is 10.6 Å². The molecule has 1 saturated heterocycles. The fourth-order valence-electron chi connectivity index (χ4n) is 3.75. The highest BCUT2D eigenvalue weighted by atomic mass is 16.2. The van der Waals surface area contributed by atoms with E-state index in [2.05, 4.69) is 11.2 Å². The zero-order chi connectivity index (χ0) is 19.0. The molecule has 1 fully saturated rings. The maximum atomic E-state index is 12.9. The molecule has 1 aliphatic rings. The largest absolute Gasteiger partial charge is 0.369 e. The van der Waals surface area contributed by atoms with E-state index in [1.807, 2.05) is 54.3 Å². The van der Waals surface area contributed by atoms with Gasteiger partial charge in [0.15, 0.2) is 0 Å². The molecule has 0 spiro atoms. The Kier molecular flexibility index (Phi) is 4.39. The van der Waals surface area contributed by atoms with Gasteiger partial charge in [0.05, 0.1) is 17.6 Å². The zero-order valence-corrected chi connectivity index (χ0v) is 15.3. The van der Waals surface area contributed by atoms with Gasteiger partial charge in [-0.05, 0) is 48.2 Å². The predicted octanol–water partition coefficient (Wildman–Crippen LogP) is 2.58. The Hall–Kier alpha value is -3.15. The Morgan fingerprint density at radius 3 is 2.78 bits per heavy atom. The number of primary amides is 1. The number of hydrogen-bond donors (Lipinski definition) is 1. The van der Waals surface area contributed by atoms with Gasteiger partial charge in [0.2, 0.25) is 5.91 Å². The maximum Gasteiger partial charge on any atom is 0.253 e. The van der Waals surface area contributed by atoms with Crippen molar-refractivity contribution in [3.63, 3.8) is 0 Å². The first-order valence-electron chi connectivity index (χ1n) is 9.14. The third-order valence-corrected chi connectivity index (χ3v) is 5.30. The molecular weight excluding hydrogens is 340 g/mol. The van der Waals surface area contributed by atoms with Gasteiger partial charge in [-0.1, -0.05) is 18.2 Å². The molecule has 2 aromatic carbocycles. The van der Waals surface area contributed by atoms with Crippen molar-refractivity contribution in [3.8, 4) is 11.1 Å². The predicted molar refractivity (Wildman–Crippen MR) is 104 cm³/mol. The number of carbonyl (C=O) groups is 2. The minimum atomic E-state index is -0.328. The molecule has 27 heavy (non-hydrogen) atoms. The molecule has 138 valence electrons. The Bertz CT molecular complexity index is 1020. The van der Waals surface area contributed by atoms with Crippen molar-refractivity contribution in [2.75, 3.05) is 13.1 Å². The first-order valence-corrected chi connectivity index (χ1v) is 9.14. The van der Waals surface area contributed by atoms with Gasteiger partial charge >= 0.3 is 0 Å². The minimum Gasteiger partial charge on any atom is -0.369 e. The number of aromatic nitrogens is 2. The molecule has 6 nitrogen and oxygen atoms in total. The van der Waals surface area contributed by atoms with Crippen LogP contribution in [0.15, 0.2) is 48.7 Å². The van der Waals surface area contributed by atoms with E-state index in [-0.39, 0.29) is 17.7 Å². The van der Waals surface area contributed by atoms with Crippen LogP contribution in [0.1, 0.15) is 23.2 Å². The lowest BCUT2D eigenvalue weighted by atomic mass is 9.96. The molecule has 0 radical (unpaired) electrons. The summed E-state index contributed by atoms with van der Waals surface area (Å²) in [7, 11) is 1.92. The van der Waals surface area contributed by atoms with Crippen LogP contribution in [0.2, 0.25) is 0 Å². The number of nitrogens with two attached hydrogens (primary N) is 1. The Morgan fingerprint density at radius 2 is 1.96 bits per heavy atom. The second-order valence-electron chi connectivity index (χ2n) is 7.12. The number of hydrogen-bond acceptors (Lipinski definition) is 3. The van der Waals surface area contributed by atoms with Crippen molar-refractivity contribution < 1.29 is 9.59 Å². The summed E-state index contributed by atoms with van der Waals surface area (Å²) in [6.07, 6.45) is 3.40. The smallest absolute Gasteiger partial charge is 0.253 e. The Balaban J connectivity index is 1.61. The number of rotatable bonds is 3. The molecule has 2 amide bonds. The quantitative estimate of drug-likeness (QED) is 0.777. The number of likely N-dealkylation sites (tertiary alicyclic amines) is 1. The summed E-state index contributed by atoms with van der Waals surface area (Å²) in [6.45, 7) is 1.06. The first-order chi connectivity index (χ1) is 13.0. The SMILES string of the molecule is Cn1ncc2cc(-c3cccc(C(=O)N4CCCC(C(N)=O)C4)c3)ccc21. The molecular formula is C21H22N4O2. The minimum absolute atomic E-state index is 0.0507. The lowest BCUT2D eigenvalue weighted by Crippen LogP contribution is -2.44. The fourth-order valence-corrected chi connectivity index (χ4v) is 3.75. The molecule has 6 heteroatoms. The maximum absolute atomic E-state index is 12.9. The van der Waals surface area contributed by atoms with Crippen LogP contribution >= 0.6 is 0 Å². The lowest BCUT2D eigenvalue weighted by Gasteiger charge is -2.31. The highest BCUT2D eigenvalue weighted by molar-refractivity contribution is 5.96. The molecule has 2 N–H and O–H groups in total. The van der Waals surface area contributed by atoms with E-state index in [1.165, 1.54) is 0 Å². The monoisotopic (exact) mass is 362 g/mol. The van der Waals surface area contributed by atoms with Gasteiger partial charge in [0.25, 0.3) is 5.91 Å². The average molecular weight is 362 g/mol. The third-order valence-electron chi connectivity index (χ3n) is 5.30. The van der Waals surface area contributed by atoms with Crippen LogP contribution in [0, 0.1) is 5.92 Å². The van der Waals surface area contributed by atoms with E-state index >= 15 is 0 Å². The summed E-state index contributed by atoms with van der Waals surface area (Å²) in [5.74, 6) is -0.629. The molecule has 0 saturated carbocycles. The van der Waals surface area contributed by atoms with Crippen molar-refractivity contribution in [1.82, 2.24) is 14.7 Å². The first kappa shape index (κ1) is 17.3. The third kappa shape index (κ3) is 3.30. The number of amides is 2. The van der Waals surface area contributed by atoms with Crippen LogP contribution in [0.3, 0.4) is 0 Å². The normalized spacial score (nSPS) is 17.2. The van der Waals surface area contributed by atoms with Crippen molar-refractivity contribution in [2.24, 2.45) is 18.7 Å². The van der Waals surface area contributed by atoms with E-state index in [0.29, 0.717) is 18.7 Å². The van der Waals surface area contributed by atoms with Gasteiger partial charge in [-0.25, -0.2) is 0 Å². The average Bonchev–Trinajstić information content (AvgIpc) is 3.08. The molecule has 0 aliphatic carbocycles. The molecule has 3 aromatic rings. The van der Waals surface area contributed by atoms with Crippen LogP contribution in [-0.4, -0.2) is 39.6 Å². The zero-order valence-electron chi connectivity index (χ0n) is 15.3. The lowest BCUT2D eigenvalue weighted by molar-refractivity contribution is -0.123. The highest BCUT2D eigenvalue weighted by Gasteiger charge is 2.27. The van der Waals surface area contributed by atoms with E-state index < -0.39 is 0 Å².